The van der Waals surface area contributed by atoms with Gasteiger partial charge in [-0.25, -0.2) is 0 Å². The minimum absolute atomic E-state index is 1.09. The molecule has 0 amide bonds. The standard InChI is InChI=1S/C12H17/c1-5-11-7-9(3)12(6-2)10(4)8-11/h7H,5-6H2,1-4H3. The summed E-state index contributed by atoms with van der Waals surface area (Å²) in [6.45, 7) is 8.73. The second-order valence-corrected chi connectivity index (χ2v) is 3.29. The van der Waals surface area contributed by atoms with Gasteiger partial charge in [0.15, 0.2) is 0 Å². The average Bonchev–Trinajstić information content (AvgIpc) is 2.03. The van der Waals surface area contributed by atoms with Gasteiger partial charge in [0, 0.05) is 0 Å². The molecule has 0 heteroatoms. The van der Waals surface area contributed by atoms with Crippen LogP contribution in [-0.2, 0) is 12.8 Å². The Bertz CT molecular complexity index is 248. The Morgan fingerprint density at radius 1 is 1.17 bits per heavy atom. The molecule has 0 aliphatic carbocycles. The van der Waals surface area contributed by atoms with Crippen LogP contribution in [0.4, 0.5) is 0 Å². The van der Waals surface area contributed by atoms with Gasteiger partial charge in [-0.3, -0.25) is 0 Å². The molecule has 1 radical (unpaired) electrons. The van der Waals surface area contributed by atoms with Gasteiger partial charge in [-0.1, -0.05) is 19.9 Å². The maximum Gasteiger partial charge on any atom is -0.0114 e. The van der Waals surface area contributed by atoms with E-state index in [1.807, 2.05) is 0 Å². The van der Waals surface area contributed by atoms with Gasteiger partial charge in [-0.05, 0) is 55.0 Å². The van der Waals surface area contributed by atoms with Crippen molar-refractivity contribution >= 4 is 0 Å². The third-order valence-electron chi connectivity index (χ3n) is 2.40. The molecule has 12 heavy (non-hydrogen) atoms. The summed E-state index contributed by atoms with van der Waals surface area (Å²) < 4.78 is 0. The molecule has 0 spiro atoms. The molecule has 0 aliphatic heterocycles. The first-order valence-electron chi connectivity index (χ1n) is 4.70. The van der Waals surface area contributed by atoms with Gasteiger partial charge in [0.25, 0.3) is 0 Å². The van der Waals surface area contributed by atoms with Crippen LogP contribution in [-0.4, -0.2) is 0 Å². The Balaban J connectivity index is 3.18. The summed E-state index contributed by atoms with van der Waals surface area (Å²) in [5.74, 6) is 0. The van der Waals surface area contributed by atoms with E-state index in [4.69, 9.17) is 0 Å². The topological polar surface area (TPSA) is 0 Å². The van der Waals surface area contributed by atoms with Crippen molar-refractivity contribution in [3.8, 4) is 0 Å². The number of hydrogen-bond acceptors (Lipinski definition) is 0. The van der Waals surface area contributed by atoms with Crippen LogP contribution < -0.4 is 0 Å². The highest BCUT2D eigenvalue weighted by Gasteiger charge is 2.01. The van der Waals surface area contributed by atoms with E-state index < -0.39 is 0 Å². The molecule has 0 N–H and O–H groups in total. The van der Waals surface area contributed by atoms with Crippen LogP contribution in [0, 0.1) is 19.9 Å². The number of benzene rings is 1. The van der Waals surface area contributed by atoms with Gasteiger partial charge in [0.2, 0.25) is 0 Å². The molecular formula is C12H17. The van der Waals surface area contributed by atoms with Crippen LogP contribution >= 0.6 is 0 Å². The minimum atomic E-state index is 1.09. The normalized spacial score (nSPS) is 10.3. The zero-order chi connectivity index (χ0) is 9.14. The molecule has 65 valence electrons. The molecule has 0 nitrogen and oxygen atoms in total. The predicted molar refractivity (Wildman–Crippen MR) is 53.5 cm³/mol. The molecule has 0 heterocycles. The van der Waals surface area contributed by atoms with Crippen LogP contribution in [0.1, 0.15) is 36.1 Å². The second kappa shape index (κ2) is 3.75. The van der Waals surface area contributed by atoms with E-state index in [-0.39, 0.29) is 0 Å². The molecule has 0 unspecified atom stereocenters. The van der Waals surface area contributed by atoms with E-state index in [1.54, 1.807) is 0 Å². The highest BCUT2D eigenvalue weighted by atomic mass is 14.1. The highest BCUT2D eigenvalue weighted by molar-refractivity contribution is 5.36. The van der Waals surface area contributed by atoms with Crippen molar-refractivity contribution < 1.29 is 0 Å². The van der Waals surface area contributed by atoms with Crippen LogP contribution in [0.15, 0.2) is 6.07 Å². The maximum absolute atomic E-state index is 3.42. The van der Waals surface area contributed by atoms with Crippen molar-refractivity contribution in [2.45, 2.75) is 40.5 Å². The maximum atomic E-state index is 3.42. The fourth-order valence-electron chi connectivity index (χ4n) is 1.73. The van der Waals surface area contributed by atoms with E-state index in [0.717, 1.165) is 12.8 Å². The Hall–Kier alpha value is -0.780. The Labute approximate surface area is 75.6 Å². The lowest BCUT2D eigenvalue weighted by Crippen LogP contribution is -1.94. The molecule has 1 rings (SSSR count). The summed E-state index contributed by atoms with van der Waals surface area (Å²) in [6.07, 6.45) is 2.21. The van der Waals surface area contributed by atoms with Gasteiger partial charge in [0.1, 0.15) is 0 Å². The van der Waals surface area contributed by atoms with E-state index in [0.29, 0.717) is 0 Å². The fraction of sp³-hybridized carbons (Fsp3) is 0.500. The predicted octanol–water partition coefficient (Wildman–Crippen LogP) is 3.23. The first-order chi connectivity index (χ1) is 5.69. The number of hydrogen-bond donors (Lipinski definition) is 0. The molecule has 0 saturated carbocycles. The van der Waals surface area contributed by atoms with E-state index >= 15 is 0 Å². The molecule has 0 aromatic heterocycles. The SMILES string of the molecule is CCc1[c]c(C)c(CC)c(C)c1. The Morgan fingerprint density at radius 3 is 2.25 bits per heavy atom. The van der Waals surface area contributed by atoms with Gasteiger partial charge in [-0.2, -0.15) is 0 Å². The van der Waals surface area contributed by atoms with E-state index in [2.05, 4.69) is 39.8 Å². The molecule has 0 fully saturated rings. The number of rotatable bonds is 2. The third kappa shape index (κ3) is 1.69. The minimum Gasteiger partial charge on any atom is -0.0613 e. The molecule has 0 atom stereocenters. The molecule has 1 aromatic carbocycles. The summed E-state index contributed by atoms with van der Waals surface area (Å²) in [5, 5.41) is 0. The van der Waals surface area contributed by atoms with Crippen LogP contribution in [0.5, 0.6) is 0 Å². The van der Waals surface area contributed by atoms with Gasteiger partial charge >= 0.3 is 0 Å². The van der Waals surface area contributed by atoms with Gasteiger partial charge in [-0.15, -0.1) is 0 Å². The molecular weight excluding hydrogens is 144 g/mol. The smallest absolute Gasteiger partial charge is 0.0114 e. The highest BCUT2D eigenvalue weighted by Crippen LogP contribution is 2.16. The summed E-state index contributed by atoms with van der Waals surface area (Å²) in [4.78, 5) is 0. The monoisotopic (exact) mass is 161 g/mol. The largest absolute Gasteiger partial charge is 0.0613 e. The molecule has 0 aliphatic rings. The lowest BCUT2D eigenvalue weighted by Gasteiger charge is -2.08. The quantitative estimate of drug-likeness (QED) is 0.624. The van der Waals surface area contributed by atoms with Gasteiger partial charge < -0.3 is 0 Å². The van der Waals surface area contributed by atoms with E-state index in [9.17, 15) is 0 Å². The molecule has 0 saturated heterocycles. The fourth-order valence-corrected chi connectivity index (χ4v) is 1.73. The van der Waals surface area contributed by atoms with Crippen molar-refractivity contribution in [2.24, 2.45) is 0 Å². The lowest BCUT2D eigenvalue weighted by atomic mass is 9.97. The summed E-state index contributed by atoms with van der Waals surface area (Å²) in [6, 6.07) is 5.67. The van der Waals surface area contributed by atoms with Gasteiger partial charge in [0.05, 0.1) is 0 Å². The summed E-state index contributed by atoms with van der Waals surface area (Å²) in [5.41, 5.74) is 5.55. The average molecular weight is 161 g/mol. The molecule has 0 bridgehead atoms. The Morgan fingerprint density at radius 2 is 1.83 bits per heavy atom. The first-order valence-corrected chi connectivity index (χ1v) is 4.70. The van der Waals surface area contributed by atoms with Crippen molar-refractivity contribution in [1.29, 1.82) is 0 Å². The van der Waals surface area contributed by atoms with Crippen molar-refractivity contribution in [3.63, 3.8) is 0 Å². The zero-order valence-corrected chi connectivity index (χ0v) is 8.49. The first kappa shape index (κ1) is 9.31. The van der Waals surface area contributed by atoms with Crippen LogP contribution in [0.25, 0.3) is 0 Å². The zero-order valence-electron chi connectivity index (χ0n) is 8.49. The molecule has 1 aromatic rings. The summed E-state index contributed by atoms with van der Waals surface area (Å²) in [7, 11) is 0. The number of aryl methyl sites for hydroxylation is 3. The second-order valence-electron chi connectivity index (χ2n) is 3.29. The summed E-state index contributed by atoms with van der Waals surface area (Å²) >= 11 is 0. The van der Waals surface area contributed by atoms with Crippen molar-refractivity contribution in [1.82, 2.24) is 0 Å². The van der Waals surface area contributed by atoms with E-state index in [1.165, 1.54) is 22.3 Å². The van der Waals surface area contributed by atoms with Crippen molar-refractivity contribution in [3.05, 3.63) is 34.4 Å². The van der Waals surface area contributed by atoms with Crippen LogP contribution in [0.3, 0.4) is 0 Å². The van der Waals surface area contributed by atoms with Crippen molar-refractivity contribution in [2.75, 3.05) is 0 Å². The Kier molecular flexibility index (Phi) is 2.91. The van der Waals surface area contributed by atoms with Crippen LogP contribution in [0.2, 0.25) is 0 Å². The lowest BCUT2D eigenvalue weighted by molar-refractivity contribution is 1.04. The third-order valence-corrected chi connectivity index (χ3v) is 2.40.